The minimum Gasteiger partial charge on any atom is -0.207 e. The van der Waals surface area contributed by atoms with E-state index in [9.17, 15) is 25.6 Å². The highest BCUT2D eigenvalue weighted by molar-refractivity contribution is 7.89. The predicted octanol–water partition coefficient (Wildman–Crippen LogP) is 5.94. The van der Waals surface area contributed by atoms with E-state index in [1.54, 1.807) is 0 Å². The minimum absolute atomic E-state index is 0.00762. The van der Waals surface area contributed by atoms with Crippen LogP contribution in [0.25, 0.3) is 0 Å². The Bertz CT molecular complexity index is 1220. The fourth-order valence-corrected chi connectivity index (χ4v) is 8.63. The average Bonchev–Trinajstić information content (AvgIpc) is 2.88. The molecule has 0 aliphatic carbocycles. The molecule has 0 N–H and O–H groups in total. The van der Waals surface area contributed by atoms with Crippen LogP contribution >= 0.6 is 23.2 Å². The van der Waals surface area contributed by atoms with Gasteiger partial charge in [-0.25, -0.2) is 25.6 Å². The van der Waals surface area contributed by atoms with Gasteiger partial charge in [-0.3, -0.25) is 0 Å². The van der Waals surface area contributed by atoms with E-state index in [4.69, 9.17) is 23.2 Å². The van der Waals surface area contributed by atoms with Crippen molar-refractivity contribution in [2.45, 2.75) is 54.7 Å². The highest BCUT2D eigenvalue weighted by atomic mass is 35.5. The summed E-state index contributed by atoms with van der Waals surface area (Å²) in [5, 5.41) is -0.418. The van der Waals surface area contributed by atoms with Gasteiger partial charge in [0.2, 0.25) is 20.0 Å². The first-order chi connectivity index (χ1) is 17.5. The van der Waals surface area contributed by atoms with E-state index >= 15 is 0 Å². The molecule has 4 rings (SSSR count). The molecule has 2 fully saturated rings. The third kappa shape index (κ3) is 6.65. The minimum atomic E-state index is -3.70. The van der Waals surface area contributed by atoms with E-state index in [1.165, 1.54) is 20.7 Å². The quantitative estimate of drug-likeness (QED) is 0.379. The Balaban J connectivity index is 1.20. The van der Waals surface area contributed by atoms with Crippen LogP contribution in [-0.4, -0.2) is 51.6 Å². The van der Waals surface area contributed by atoms with Gasteiger partial charge in [0.25, 0.3) is 0 Å². The maximum Gasteiger partial charge on any atom is 0.243 e. The molecule has 2 aliphatic heterocycles. The Morgan fingerprint density at radius 2 is 1.03 bits per heavy atom. The summed E-state index contributed by atoms with van der Waals surface area (Å²) in [5.74, 6) is -0.423. The molecule has 2 aliphatic rings. The second-order valence-electron chi connectivity index (χ2n) is 9.78. The van der Waals surface area contributed by atoms with Crippen LogP contribution in [0.15, 0.2) is 46.2 Å². The Labute approximate surface area is 227 Å². The van der Waals surface area contributed by atoms with Gasteiger partial charge in [0.1, 0.15) is 11.6 Å². The topological polar surface area (TPSA) is 74.8 Å². The molecule has 37 heavy (non-hydrogen) atoms. The van der Waals surface area contributed by atoms with Gasteiger partial charge in [-0.1, -0.05) is 42.5 Å². The van der Waals surface area contributed by atoms with Crippen molar-refractivity contribution in [3.05, 3.63) is 58.1 Å². The zero-order valence-corrected chi connectivity index (χ0v) is 23.4. The first-order valence-corrected chi connectivity index (χ1v) is 16.0. The number of sulfonamides is 2. The number of hydrogen-bond donors (Lipinski definition) is 0. The summed E-state index contributed by atoms with van der Waals surface area (Å²) in [6.07, 6.45) is 6.09. The van der Waals surface area contributed by atoms with Crippen molar-refractivity contribution in [3.8, 4) is 0 Å². The van der Waals surface area contributed by atoms with Crippen LogP contribution in [0.5, 0.6) is 0 Å². The van der Waals surface area contributed by atoms with Crippen molar-refractivity contribution in [1.29, 1.82) is 0 Å². The van der Waals surface area contributed by atoms with Crippen molar-refractivity contribution < 1.29 is 25.6 Å². The van der Waals surface area contributed by atoms with Gasteiger partial charge < -0.3 is 0 Å². The Morgan fingerprint density at radius 1 is 0.676 bits per heavy atom. The number of nitrogens with zero attached hydrogens (tertiary/aromatic N) is 2. The number of halogens is 4. The molecule has 12 heteroatoms. The molecule has 2 aromatic carbocycles. The highest BCUT2D eigenvalue weighted by Crippen LogP contribution is 2.32. The van der Waals surface area contributed by atoms with E-state index in [1.807, 2.05) is 0 Å². The molecule has 0 saturated carbocycles. The van der Waals surface area contributed by atoms with Crippen molar-refractivity contribution in [2.24, 2.45) is 11.8 Å². The van der Waals surface area contributed by atoms with Crippen LogP contribution in [0.2, 0.25) is 10.0 Å². The monoisotopic (exact) mass is 594 g/mol. The molecule has 0 radical (unpaired) electrons. The van der Waals surface area contributed by atoms with Crippen molar-refractivity contribution >= 4 is 43.2 Å². The molecule has 0 bridgehead atoms. The molecule has 0 unspecified atom stereocenters. The van der Waals surface area contributed by atoms with Crippen LogP contribution in [0.3, 0.4) is 0 Å². The zero-order valence-electron chi connectivity index (χ0n) is 20.3. The first-order valence-electron chi connectivity index (χ1n) is 12.4. The summed E-state index contributed by atoms with van der Waals surface area (Å²) < 4.78 is 81.2. The molecular weight excluding hydrogens is 565 g/mol. The van der Waals surface area contributed by atoms with Crippen molar-refractivity contribution in [1.82, 2.24) is 8.61 Å². The van der Waals surface area contributed by atoms with Gasteiger partial charge in [-0.15, -0.1) is 0 Å². The molecular formula is C25H30Cl2F2N2O4S2. The van der Waals surface area contributed by atoms with E-state index in [2.05, 4.69) is 0 Å². The summed E-state index contributed by atoms with van der Waals surface area (Å²) in [6.45, 7) is 1.69. The fourth-order valence-electron chi connectivity index (χ4n) is 5.14. The van der Waals surface area contributed by atoms with Gasteiger partial charge in [0, 0.05) is 26.2 Å². The number of rotatable bonds is 8. The molecule has 6 nitrogen and oxygen atoms in total. The molecule has 0 amide bonds. The van der Waals surface area contributed by atoms with Crippen LogP contribution < -0.4 is 0 Å². The highest BCUT2D eigenvalue weighted by Gasteiger charge is 2.31. The Morgan fingerprint density at radius 3 is 1.35 bits per heavy atom. The number of hydrogen-bond acceptors (Lipinski definition) is 4. The van der Waals surface area contributed by atoms with Crippen LogP contribution in [0.1, 0.15) is 44.9 Å². The molecule has 2 heterocycles. The van der Waals surface area contributed by atoms with Crippen LogP contribution in [0.4, 0.5) is 8.78 Å². The fraction of sp³-hybridized carbons (Fsp3) is 0.520. The molecule has 204 valence electrons. The van der Waals surface area contributed by atoms with E-state index in [-0.39, 0.29) is 19.8 Å². The number of benzene rings is 2. The largest absolute Gasteiger partial charge is 0.243 e. The Hall–Kier alpha value is -1.30. The normalized spacial score (nSPS) is 19.4. The van der Waals surface area contributed by atoms with E-state index in [0.29, 0.717) is 38.0 Å². The van der Waals surface area contributed by atoms with Gasteiger partial charge >= 0.3 is 0 Å². The summed E-state index contributed by atoms with van der Waals surface area (Å²) >= 11 is 11.5. The van der Waals surface area contributed by atoms with E-state index in [0.717, 1.165) is 69.2 Å². The molecule has 0 spiro atoms. The lowest BCUT2D eigenvalue weighted by atomic mass is 9.87. The lowest BCUT2D eigenvalue weighted by molar-refractivity contribution is 0.234. The molecule has 0 atom stereocenters. The van der Waals surface area contributed by atoms with Crippen LogP contribution in [-0.2, 0) is 20.0 Å². The van der Waals surface area contributed by atoms with Gasteiger partial charge in [0.05, 0.1) is 19.8 Å². The number of piperidine rings is 2. The standard InChI is InChI=1S/C25H30Cl2F2N2O4S2/c26-22-16-20(4-6-24(22)28)36(32,33)30-12-8-18(9-13-30)2-1-3-19-10-14-31(15-11-19)37(34,35)21-5-7-25(29)23(27)17-21/h4-7,16-19H,1-3,8-15H2. The lowest BCUT2D eigenvalue weighted by Gasteiger charge is -2.33. The van der Waals surface area contributed by atoms with E-state index < -0.39 is 31.7 Å². The maximum absolute atomic E-state index is 13.4. The van der Waals surface area contributed by atoms with Crippen molar-refractivity contribution in [2.75, 3.05) is 26.2 Å². The summed E-state index contributed by atoms with van der Waals surface area (Å²) in [4.78, 5) is 0.0152. The molecule has 0 aromatic heterocycles. The second-order valence-corrected chi connectivity index (χ2v) is 14.5. The molecule has 2 saturated heterocycles. The van der Waals surface area contributed by atoms with Crippen LogP contribution in [0, 0.1) is 23.5 Å². The SMILES string of the molecule is O=S(=O)(c1ccc(F)c(Cl)c1)N1CCC(CCCC2CCN(S(=O)(=O)c3ccc(F)c(Cl)c3)CC2)CC1. The Kier molecular flexibility index (Phi) is 9.18. The predicted molar refractivity (Wildman–Crippen MR) is 140 cm³/mol. The zero-order chi connectivity index (χ0) is 26.8. The maximum atomic E-state index is 13.4. The average molecular weight is 596 g/mol. The molecule has 2 aromatic rings. The summed E-state index contributed by atoms with van der Waals surface area (Å²) in [6, 6.07) is 6.94. The summed E-state index contributed by atoms with van der Waals surface area (Å²) in [7, 11) is -7.40. The summed E-state index contributed by atoms with van der Waals surface area (Å²) in [5.41, 5.74) is 0. The third-order valence-electron chi connectivity index (χ3n) is 7.43. The second kappa shape index (κ2) is 11.8. The smallest absolute Gasteiger partial charge is 0.207 e. The van der Waals surface area contributed by atoms with Crippen molar-refractivity contribution in [3.63, 3.8) is 0 Å². The lowest BCUT2D eigenvalue weighted by Crippen LogP contribution is -2.39. The first kappa shape index (κ1) is 28.7. The third-order valence-corrected chi connectivity index (χ3v) is 11.8. The van der Waals surface area contributed by atoms with Gasteiger partial charge in [0.15, 0.2) is 0 Å². The van der Waals surface area contributed by atoms with Gasteiger partial charge in [-0.2, -0.15) is 8.61 Å². The van der Waals surface area contributed by atoms with Gasteiger partial charge in [-0.05, 0) is 73.9 Å².